The minimum Gasteiger partial charge on any atom is -0.273 e. The van der Waals surface area contributed by atoms with Gasteiger partial charge in [-0.05, 0) is 31.2 Å². The van der Waals surface area contributed by atoms with E-state index in [9.17, 15) is 4.79 Å². The van der Waals surface area contributed by atoms with E-state index in [1.54, 1.807) is 0 Å². The van der Waals surface area contributed by atoms with E-state index in [2.05, 4.69) is 35.7 Å². The Morgan fingerprint density at radius 3 is 2.73 bits per heavy atom. The van der Waals surface area contributed by atoms with Crippen LogP contribution in [0.15, 0.2) is 29.4 Å². The quantitative estimate of drug-likeness (QED) is 0.553. The lowest BCUT2D eigenvalue weighted by Gasteiger charge is -2.17. The predicted molar refractivity (Wildman–Crippen MR) is 92.1 cm³/mol. The van der Waals surface area contributed by atoms with Gasteiger partial charge >= 0.3 is 0 Å². The topological polar surface area (TPSA) is 41.5 Å². The maximum atomic E-state index is 11.9. The number of benzene rings is 1. The second-order valence-corrected chi connectivity index (χ2v) is 6.12. The zero-order valence-corrected chi connectivity index (χ0v) is 13.7. The summed E-state index contributed by atoms with van der Waals surface area (Å²) in [5.74, 6) is 0.0473. The van der Waals surface area contributed by atoms with Gasteiger partial charge in [-0.2, -0.15) is 5.10 Å². The number of hydrogen-bond donors (Lipinski definition) is 1. The Labute approximate surface area is 134 Å². The number of fused-ring (bicyclic) bond motifs is 1. The number of unbranched alkanes of at least 4 members (excludes halogenated alkanes) is 5. The molecule has 0 saturated carbocycles. The maximum absolute atomic E-state index is 11.9. The number of carbonyl (C=O) groups is 1. The Hall–Kier alpha value is -1.64. The third-order valence-corrected chi connectivity index (χ3v) is 4.26. The number of hydrazone groups is 1. The van der Waals surface area contributed by atoms with Crippen LogP contribution in [0.3, 0.4) is 0 Å². The molecule has 0 saturated heterocycles. The first-order valence-electron chi connectivity index (χ1n) is 8.75. The fourth-order valence-corrected chi connectivity index (χ4v) is 2.97. The number of hydrogen-bond acceptors (Lipinski definition) is 2. The lowest BCUT2D eigenvalue weighted by Crippen LogP contribution is -2.21. The van der Waals surface area contributed by atoms with Gasteiger partial charge in [-0.1, -0.05) is 63.3 Å². The van der Waals surface area contributed by atoms with Gasteiger partial charge in [0.05, 0.1) is 5.71 Å². The molecule has 0 aliphatic heterocycles. The molecule has 0 fully saturated rings. The number of nitrogens with one attached hydrogen (secondary N) is 1. The maximum Gasteiger partial charge on any atom is 0.240 e. The number of aryl methyl sites for hydroxylation is 1. The van der Waals surface area contributed by atoms with E-state index in [0.29, 0.717) is 6.42 Å². The Morgan fingerprint density at radius 1 is 1.09 bits per heavy atom. The number of carbonyl (C=O) groups excluding carboxylic acids is 1. The molecule has 3 heteroatoms. The predicted octanol–water partition coefficient (Wildman–Crippen LogP) is 4.59. The van der Waals surface area contributed by atoms with Gasteiger partial charge < -0.3 is 0 Å². The Morgan fingerprint density at radius 2 is 1.86 bits per heavy atom. The Bertz CT molecular complexity index is 508. The second-order valence-electron chi connectivity index (χ2n) is 6.12. The summed E-state index contributed by atoms with van der Waals surface area (Å²) < 4.78 is 0. The largest absolute Gasteiger partial charge is 0.273 e. The number of amides is 1. The van der Waals surface area contributed by atoms with Crippen LogP contribution < -0.4 is 5.43 Å². The van der Waals surface area contributed by atoms with E-state index < -0.39 is 0 Å². The number of nitrogens with zero attached hydrogens (tertiary/aromatic N) is 1. The summed E-state index contributed by atoms with van der Waals surface area (Å²) in [5, 5.41) is 4.37. The van der Waals surface area contributed by atoms with Gasteiger partial charge in [0.25, 0.3) is 0 Å². The molecule has 3 nitrogen and oxygen atoms in total. The van der Waals surface area contributed by atoms with E-state index in [1.165, 1.54) is 36.8 Å². The van der Waals surface area contributed by atoms with Crippen LogP contribution in [-0.4, -0.2) is 11.6 Å². The normalized spacial score (nSPS) is 15.6. The van der Waals surface area contributed by atoms with Gasteiger partial charge in [0.15, 0.2) is 0 Å². The highest BCUT2D eigenvalue weighted by Crippen LogP contribution is 2.21. The summed E-state index contributed by atoms with van der Waals surface area (Å²) in [5.41, 5.74) is 6.32. The smallest absolute Gasteiger partial charge is 0.240 e. The number of rotatable bonds is 8. The third-order valence-electron chi connectivity index (χ3n) is 4.26. The van der Waals surface area contributed by atoms with Crippen molar-refractivity contribution < 1.29 is 4.79 Å². The van der Waals surface area contributed by atoms with Crippen LogP contribution in [0.25, 0.3) is 0 Å². The van der Waals surface area contributed by atoms with Crippen molar-refractivity contribution in [1.29, 1.82) is 0 Å². The molecule has 0 bridgehead atoms. The van der Waals surface area contributed by atoms with Crippen LogP contribution >= 0.6 is 0 Å². The van der Waals surface area contributed by atoms with Gasteiger partial charge in [-0.15, -0.1) is 0 Å². The monoisotopic (exact) mass is 300 g/mol. The van der Waals surface area contributed by atoms with Gasteiger partial charge in [-0.3, -0.25) is 4.79 Å². The summed E-state index contributed by atoms with van der Waals surface area (Å²) in [4.78, 5) is 11.9. The summed E-state index contributed by atoms with van der Waals surface area (Å²) >= 11 is 0. The molecule has 1 aromatic rings. The fraction of sp³-hybridized carbons (Fsp3) is 0.579. The van der Waals surface area contributed by atoms with Crippen LogP contribution in [0.2, 0.25) is 0 Å². The molecule has 0 radical (unpaired) electrons. The highest BCUT2D eigenvalue weighted by Gasteiger charge is 2.14. The fourth-order valence-electron chi connectivity index (χ4n) is 2.97. The molecule has 1 amide bonds. The minimum atomic E-state index is 0.0473. The lowest BCUT2D eigenvalue weighted by molar-refractivity contribution is -0.121. The summed E-state index contributed by atoms with van der Waals surface area (Å²) in [6.45, 7) is 2.22. The minimum absolute atomic E-state index is 0.0473. The first-order chi connectivity index (χ1) is 10.8. The van der Waals surface area contributed by atoms with Gasteiger partial charge in [-0.25, -0.2) is 5.43 Å². The van der Waals surface area contributed by atoms with Crippen molar-refractivity contribution in [3.8, 4) is 0 Å². The van der Waals surface area contributed by atoms with E-state index in [-0.39, 0.29) is 5.91 Å². The average Bonchev–Trinajstić information content (AvgIpc) is 2.56. The molecular formula is C19H28N2O. The van der Waals surface area contributed by atoms with E-state index >= 15 is 0 Å². The van der Waals surface area contributed by atoms with Gasteiger partial charge in [0.1, 0.15) is 0 Å². The van der Waals surface area contributed by atoms with Gasteiger partial charge in [0.2, 0.25) is 5.91 Å². The van der Waals surface area contributed by atoms with Crippen LogP contribution in [0.5, 0.6) is 0 Å². The van der Waals surface area contributed by atoms with Crippen LogP contribution in [0.1, 0.15) is 75.8 Å². The average molecular weight is 300 g/mol. The molecule has 0 atom stereocenters. The Balaban J connectivity index is 1.74. The van der Waals surface area contributed by atoms with Crippen LogP contribution in [0, 0.1) is 0 Å². The summed E-state index contributed by atoms with van der Waals surface area (Å²) in [6.07, 6.45) is 11.0. The van der Waals surface area contributed by atoms with Crippen molar-refractivity contribution >= 4 is 11.6 Å². The molecule has 0 heterocycles. The first kappa shape index (κ1) is 16.7. The molecule has 2 rings (SSSR count). The summed E-state index contributed by atoms with van der Waals surface area (Å²) in [7, 11) is 0. The molecule has 0 unspecified atom stereocenters. The second kappa shape index (κ2) is 9.39. The molecule has 120 valence electrons. The standard InChI is InChI=1S/C19H28N2O/c1-2-3-4-5-6-7-15-19(22)21-20-18-14-10-12-16-11-8-9-13-17(16)18/h8-9,11,13H,2-7,10,12,14-15H2,1H3,(H,21,22). The molecule has 1 aliphatic carbocycles. The molecule has 0 aromatic heterocycles. The Kier molecular flexibility index (Phi) is 7.14. The van der Waals surface area contributed by atoms with E-state index in [0.717, 1.165) is 37.8 Å². The van der Waals surface area contributed by atoms with Gasteiger partial charge in [0, 0.05) is 12.0 Å². The molecule has 1 N–H and O–H groups in total. The highest BCUT2D eigenvalue weighted by atomic mass is 16.2. The van der Waals surface area contributed by atoms with Crippen LogP contribution in [-0.2, 0) is 11.2 Å². The molecule has 1 aliphatic rings. The van der Waals surface area contributed by atoms with Crippen molar-refractivity contribution in [3.63, 3.8) is 0 Å². The van der Waals surface area contributed by atoms with E-state index in [1.807, 2.05) is 6.07 Å². The van der Waals surface area contributed by atoms with E-state index in [4.69, 9.17) is 0 Å². The third kappa shape index (κ3) is 5.28. The van der Waals surface area contributed by atoms with Crippen molar-refractivity contribution in [2.24, 2.45) is 5.10 Å². The molecule has 22 heavy (non-hydrogen) atoms. The SMILES string of the molecule is CCCCCCCCC(=O)NN=C1CCCc2ccccc21. The zero-order valence-electron chi connectivity index (χ0n) is 13.7. The molecule has 1 aromatic carbocycles. The first-order valence-corrected chi connectivity index (χ1v) is 8.75. The van der Waals surface area contributed by atoms with Crippen molar-refractivity contribution in [1.82, 2.24) is 5.43 Å². The zero-order chi connectivity index (χ0) is 15.6. The van der Waals surface area contributed by atoms with Crippen molar-refractivity contribution in [2.75, 3.05) is 0 Å². The van der Waals surface area contributed by atoms with Crippen LogP contribution in [0.4, 0.5) is 0 Å². The lowest BCUT2D eigenvalue weighted by atomic mass is 9.90. The summed E-state index contributed by atoms with van der Waals surface area (Å²) in [6, 6.07) is 8.37. The van der Waals surface area contributed by atoms with Crippen molar-refractivity contribution in [2.45, 2.75) is 71.1 Å². The molecule has 0 spiro atoms. The van der Waals surface area contributed by atoms with Crippen molar-refractivity contribution in [3.05, 3.63) is 35.4 Å². The molecular weight excluding hydrogens is 272 g/mol. The highest BCUT2D eigenvalue weighted by molar-refractivity contribution is 6.03.